The molecule has 10 heteroatoms. The van der Waals surface area contributed by atoms with Gasteiger partial charge in [0.1, 0.15) is 5.75 Å². The number of nitrogens with zero attached hydrogens (tertiary/aromatic N) is 2. The van der Waals surface area contributed by atoms with Crippen molar-refractivity contribution in [2.75, 3.05) is 20.3 Å². The molecule has 0 fully saturated rings. The molecule has 2 aromatic carbocycles. The summed E-state index contributed by atoms with van der Waals surface area (Å²) in [6.07, 6.45) is 1.58. The summed E-state index contributed by atoms with van der Waals surface area (Å²) in [5, 5.41) is 18.7. The number of rotatable bonds is 8. The lowest BCUT2D eigenvalue weighted by molar-refractivity contribution is -0.385. The monoisotopic (exact) mass is 408 g/mol. The number of nitro groups is 1. The zero-order valence-electron chi connectivity index (χ0n) is 14.3. The van der Waals surface area contributed by atoms with E-state index in [9.17, 15) is 10.1 Å². The molecule has 0 amide bonds. The van der Waals surface area contributed by atoms with Gasteiger partial charge in [-0.1, -0.05) is 11.6 Å². The summed E-state index contributed by atoms with van der Waals surface area (Å²) in [6.45, 7) is 1.12. The molecule has 0 radical (unpaired) electrons. The number of hydrazone groups is 1. The Labute approximate surface area is 166 Å². The van der Waals surface area contributed by atoms with Crippen molar-refractivity contribution in [1.29, 1.82) is 0 Å². The summed E-state index contributed by atoms with van der Waals surface area (Å²) in [4.78, 5) is 10.6. The Morgan fingerprint density at radius 3 is 2.74 bits per heavy atom. The second kappa shape index (κ2) is 10.4. The van der Waals surface area contributed by atoms with Gasteiger partial charge in [0.25, 0.3) is 0 Å². The van der Waals surface area contributed by atoms with Crippen molar-refractivity contribution >= 4 is 40.8 Å². The first-order chi connectivity index (χ1) is 13.0. The van der Waals surface area contributed by atoms with Crippen molar-refractivity contribution in [2.24, 2.45) is 5.10 Å². The number of hydrogen-bond donors (Lipinski definition) is 2. The first kappa shape index (κ1) is 20.6. The molecule has 0 heterocycles. The second-order valence-corrected chi connectivity index (χ2v) is 6.00. The number of hydrogen-bond acceptors (Lipinski definition) is 6. The van der Waals surface area contributed by atoms with E-state index < -0.39 is 4.92 Å². The number of ether oxygens (including phenoxy) is 2. The highest BCUT2D eigenvalue weighted by molar-refractivity contribution is 7.80. The lowest BCUT2D eigenvalue weighted by Gasteiger charge is -2.07. The molecule has 0 saturated carbocycles. The number of thiocarbonyl (C=S) groups is 1. The number of nitro benzene ring substituents is 1. The molecule has 0 saturated heterocycles. The maximum atomic E-state index is 11.1. The van der Waals surface area contributed by atoms with Crippen LogP contribution >= 0.6 is 23.8 Å². The number of nitrogens with one attached hydrogen (secondary N) is 2. The van der Waals surface area contributed by atoms with E-state index in [4.69, 9.17) is 33.3 Å². The minimum absolute atomic E-state index is 0.111. The highest BCUT2D eigenvalue weighted by Crippen LogP contribution is 2.33. The molecule has 0 spiro atoms. The predicted octanol–water partition coefficient (Wildman–Crippen LogP) is 3.48. The van der Waals surface area contributed by atoms with Gasteiger partial charge in [0.15, 0.2) is 5.11 Å². The highest BCUT2D eigenvalue weighted by Gasteiger charge is 2.16. The van der Waals surface area contributed by atoms with E-state index in [0.717, 1.165) is 5.56 Å². The summed E-state index contributed by atoms with van der Waals surface area (Å²) in [6, 6.07) is 11.1. The Morgan fingerprint density at radius 2 is 2.07 bits per heavy atom. The molecule has 0 aliphatic rings. The Morgan fingerprint density at radius 1 is 1.33 bits per heavy atom. The van der Waals surface area contributed by atoms with Crippen LogP contribution in [0.2, 0.25) is 5.02 Å². The Bertz CT molecular complexity index is 830. The van der Waals surface area contributed by atoms with Crippen molar-refractivity contribution < 1.29 is 14.4 Å². The van der Waals surface area contributed by atoms with Gasteiger partial charge in [-0.25, -0.2) is 0 Å². The molecule has 2 aromatic rings. The number of methoxy groups -OCH3 is 1. The molecule has 27 heavy (non-hydrogen) atoms. The third-order valence-electron chi connectivity index (χ3n) is 3.20. The second-order valence-electron chi connectivity index (χ2n) is 5.16. The summed E-state index contributed by atoms with van der Waals surface area (Å²) in [5.41, 5.74) is 3.27. The lowest BCUT2D eigenvalue weighted by Crippen LogP contribution is -2.34. The third-order valence-corrected chi connectivity index (χ3v) is 3.67. The average Bonchev–Trinajstić information content (AvgIpc) is 2.64. The fourth-order valence-corrected chi connectivity index (χ4v) is 2.26. The van der Waals surface area contributed by atoms with Crippen LogP contribution in [0.15, 0.2) is 47.6 Å². The van der Waals surface area contributed by atoms with E-state index in [1.54, 1.807) is 37.6 Å². The maximum Gasteiger partial charge on any atom is 0.313 e. The highest BCUT2D eigenvalue weighted by atomic mass is 35.5. The van der Waals surface area contributed by atoms with Gasteiger partial charge in [-0.3, -0.25) is 15.5 Å². The van der Waals surface area contributed by atoms with Crippen LogP contribution in [0.25, 0.3) is 0 Å². The zero-order valence-corrected chi connectivity index (χ0v) is 15.9. The van der Waals surface area contributed by atoms with Crippen LogP contribution in [0.5, 0.6) is 11.5 Å². The van der Waals surface area contributed by atoms with Gasteiger partial charge in [-0.05, 0) is 54.2 Å². The molecule has 0 bridgehead atoms. The van der Waals surface area contributed by atoms with Crippen molar-refractivity contribution in [3.63, 3.8) is 0 Å². The van der Waals surface area contributed by atoms with Gasteiger partial charge in [0, 0.05) is 24.7 Å². The van der Waals surface area contributed by atoms with Gasteiger partial charge in [-0.2, -0.15) is 5.10 Å². The van der Waals surface area contributed by atoms with Crippen LogP contribution in [0.1, 0.15) is 5.56 Å². The Balaban J connectivity index is 1.95. The van der Waals surface area contributed by atoms with E-state index >= 15 is 0 Å². The molecule has 0 atom stereocenters. The summed E-state index contributed by atoms with van der Waals surface area (Å²) in [5.74, 6) is 0.558. The fraction of sp³-hybridized carbons (Fsp3) is 0.176. The summed E-state index contributed by atoms with van der Waals surface area (Å²) in [7, 11) is 1.61. The molecule has 142 valence electrons. The third kappa shape index (κ3) is 6.81. The van der Waals surface area contributed by atoms with Crippen molar-refractivity contribution in [1.82, 2.24) is 10.7 Å². The molecule has 0 aromatic heterocycles. The van der Waals surface area contributed by atoms with E-state index in [2.05, 4.69) is 15.8 Å². The molecule has 0 aliphatic carbocycles. The normalized spacial score (nSPS) is 10.6. The molecular weight excluding hydrogens is 392 g/mol. The van der Waals surface area contributed by atoms with Crippen molar-refractivity contribution in [3.05, 3.63) is 63.2 Å². The van der Waals surface area contributed by atoms with Crippen LogP contribution < -0.4 is 15.5 Å². The molecule has 2 rings (SSSR count). The SMILES string of the molecule is COCCNC(=S)N/N=C\c1ccc(Oc2ccc(Cl)cc2[N+](=O)[O-])cc1. The van der Waals surface area contributed by atoms with Gasteiger partial charge in [0.05, 0.1) is 17.7 Å². The van der Waals surface area contributed by atoms with Crippen LogP contribution in [0.4, 0.5) is 5.69 Å². The van der Waals surface area contributed by atoms with E-state index in [1.165, 1.54) is 18.2 Å². The molecule has 2 N–H and O–H groups in total. The lowest BCUT2D eigenvalue weighted by atomic mass is 10.2. The van der Waals surface area contributed by atoms with Gasteiger partial charge in [-0.15, -0.1) is 0 Å². The average molecular weight is 409 g/mol. The van der Waals surface area contributed by atoms with E-state index in [1.807, 2.05) is 0 Å². The van der Waals surface area contributed by atoms with Crippen LogP contribution in [-0.4, -0.2) is 36.5 Å². The Hall–Kier alpha value is -2.75. The standard InChI is InChI=1S/C17H17ClN4O4S/c1-25-9-8-19-17(27)21-20-11-12-2-5-14(6-3-12)26-16-7-4-13(18)10-15(16)22(23)24/h2-7,10-11H,8-9H2,1H3,(H2,19,21,27)/b20-11-. The molecule has 0 unspecified atom stereocenters. The first-order valence-corrected chi connectivity index (χ1v) is 8.56. The van der Waals surface area contributed by atoms with E-state index in [-0.39, 0.29) is 16.5 Å². The smallest absolute Gasteiger partial charge is 0.313 e. The first-order valence-electron chi connectivity index (χ1n) is 7.77. The van der Waals surface area contributed by atoms with E-state index in [0.29, 0.717) is 24.0 Å². The van der Waals surface area contributed by atoms with Crippen LogP contribution in [0.3, 0.4) is 0 Å². The topological polar surface area (TPSA) is 98.0 Å². The Kier molecular flexibility index (Phi) is 7.93. The molecule has 0 aliphatic heterocycles. The van der Waals surface area contributed by atoms with Crippen molar-refractivity contribution in [2.45, 2.75) is 0 Å². The fourth-order valence-electron chi connectivity index (χ4n) is 1.94. The molecular formula is C17H17ClN4O4S. The predicted molar refractivity (Wildman–Crippen MR) is 108 cm³/mol. The minimum atomic E-state index is -0.544. The number of benzene rings is 2. The number of halogens is 1. The summed E-state index contributed by atoms with van der Waals surface area (Å²) < 4.78 is 10.5. The van der Waals surface area contributed by atoms with Crippen LogP contribution in [0, 0.1) is 10.1 Å². The summed E-state index contributed by atoms with van der Waals surface area (Å²) >= 11 is 10.8. The molecule has 8 nitrogen and oxygen atoms in total. The zero-order chi connectivity index (χ0) is 19.6. The maximum absolute atomic E-state index is 11.1. The quantitative estimate of drug-likeness (QED) is 0.227. The largest absolute Gasteiger partial charge is 0.450 e. The van der Waals surface area contributed by atoms with Gasteiger partial charge >= 0.3 is 5.69 Å². The van der Waals surface area contributed by atoms with Gasteiger partial charge < -0.3 is 14.8 Å². The van der Waals surface area contributed by atoms with Gasteiger partial charge in [0.2, 0.25) is 5.75 Å². The van der Waals surface area contributed by atoms with Crippen LogP contribution in [-0.2, 0) is 4.74 Å². The minimum Gasteiger partial charge on any atom is -0.450 e. The van der Waals surface area contributed by atoms with Crippen molar-refractivity contribution in [3.8, 4) is 11.5 Å².